The Kier molecular flexibility index (Phi) is 5.52. The molecule has 0 atom stereocenters. The number of imidazole rings is 1. The highest BCUT2D eigenvalue weighted by molar-refractivity contribution is 7.98. The fourth-order valence-electron chi connectivity index (χ4n) is 2.46. The first kappa shape index (κ1) is 17.6. The zero-order valence-electron chi connectivity index (χ0n) is 14.5. The van der Waals surface area contributed by atoms with Crippen LogP contribution in [0.2, 0.25) is 0 Å². The van der Waals surface area contributed by atoms with E-state index in [1.165, 1.54) is 5.56 Å². The number of aryl methyl sites for hydroxylation is 1. The van der Waals surface area contributed by atoms with Crippen LogP contribution in [0.3, 0.4) is 0 Å². The van der Waals surface area contributed by atoms with Crippen molar-refractivity contribution in [1.29, 1.82) is 0 Å². The molecule has 1 heterocycles. The van der Waals surface area contributed by atoms with E-state index in [0.29, 0.717) is 6.54 Å². The normalized spacial score (nSPS) is 11.5. The fourth-order valence-corrected chi connectivity index (χ4v) is 3.35. The fraction of sp³-hybridized carbons (Fsp3) is 0.444. The van der Waals surface area contributed by atoms with E-state index >= 15 is 0 Å². The predicted octanol–water partition coefficient (Wildman–Crippen LogP) is 3.97. The monoisotopic (exact) mass is 331 g/mol. The number of thioether (sulfide) groups is 1. The molecule has 0 unspecified atom stereocenters. The summed E-state index contributed by atoms with van der Waals surface area (Å²) in [6, 6.07) is 7.90. The first-order valence-electron chi connectivity index (χ1n) is 7.84. The van der Waals surface area contributed by atoms with Gasteiger partial charge in [-0.25, -0.2) is 4.98 Å². The highest BCUT2D eigenvalue weighted by Gasteiger charge is 2.25. The largest absolute Gasteiger partial charge is 0.334 e. The Morgan fingerprint density at radius 3 is 2.39 bits per heavy atom. The van der Waals surface area contributed by atoms with Crippen molar-refractivity contribution < 1.29 is 4.79 Å². The van der Waals surface area contributed by atoms with Crippen molar-refractivity contribution >= 4 is 17.7 Å². The van der Waals surface area contributed by atoms with Crippen molar-refractivity contribution in [3.05, 3.63) is 47.8 Å². The highest BCUT2D eigenvalue weighted by Crippen LogP contribution is 2.22. The Morgan fingerprint density at radius 2 is 1.91 bits per heavy atom. The van der Waals surface area contributed by atoms with Crippen molar-refractivity contribution in [1.82, 2.24) is 14.5 Å². The number of amides is 1. The minimum absolute atomic E-state index is 0.0864. The summed E-state index contributed by atoms with van der Waals surface area (Å²) in [5.74, 6) is 0.930. The van der Waals surface area contributed by atoms with Crippen molar-refractivity contribution in [2.24, 2.45) is 7.05 Å². The minimum Gasteiger partial charge on any atom is -0.334 e. The third-order valence-electron chi connectivity index (χ3n) is 3.72. The second-order valence-corrected chi connectivity index (χ2v) is 7.47. The van der Waals surface area contributed by atoms with Crippen LogP contribution in [0, 0.1) is 0 Å². The van der Waals surface area contributed by atoms with E-state index in [1.54, 1.807) is 18.0 Å². The summed E-state index contributed by atoms with van der Waals surface area (Å²) < 4.78 is 2.00. The van der Waals surface area contributed by atoms with E-state index in [9.17, 15) is 4.79 Å². The van der Waals surface area contributed by atoms with Crippen molar-refractivity contribution in [3.8, 4) is 0 Å². The molecule has 1 aromatic heterocycles. The van der Waals surface area contributed by atoms with Gasteiger partial charge < -0.3 is 9.47 Å². The maximum Gasteiger partial charge on any atom is 0.254 e. The molecule has 1 aromatic carbocycles. The van der Waals surface area contributed by atoms with E-state index in [2.05, 4.69) is 25.8 Å². The second-order valence-electron chi connectivity index (χ2n) is 6.53. The molecular weight excluding hydrogens is 306 g/mol. The van der Waals surface area contributed by atoms with Gasteiger partial charge in [0.15, 0.2) is 5.16 Å². The van der Waals surface area contributed by atoms with Gasteiger partial charge in [0.2, 0.25) is 0 Å². The van der Waals surface area contributed by atoms with E-state index in [-0.39, 0.29) is 11.4 Å². The van der Waals surface area contributed by atoms with Gasteiger partial charge in [-0.1, -0.05) is 23.9 Å². The number of hydrogen-bond donors (Lipinski definition) is 0. The van der Waals surface area contributed by atoms with Gasteiger partial charge in [-0.3, -0.25) is 4.79 Å². The van der Waals surface area contributed by atoms with E-state index in [4.69, 9.17) is 0 Å². The maximum absolute atomic E-state index is 12.6. The Morgan fingerprint density at radius 1 is 1.26 bits per heavy atom. The summed E-state index contributed by atoms with van der Waals surface area (Å²) in [7, 11) is 1.99. The number of benzene rings is 1. The molecule has 2 rings (SSSR count). The molecule has 0 saturated heterocycles. The lowest BCUT2D eigenvalue weighted by atomic mass is 10.0. The first-order chi connectivity index (χ1) is 10.8. The van der Waals surface area contributed by atoms with Gasteiger partial charge in [0.25, 0.3) is 5.91 Å². The first-order valence-corrected chi connectivity index (χ1v) is 8.82. The average Bonchev–Trinajstić information content (AvgIpc) is 2.90. The minimum atomic E-state index is -0.168. The van der Waals surface area contributed by atoms with Crippen LogP contribution in [-0.2, 0) is 12.8 Å². The quantitative estimate of drug-likeness (QED) is 0.778. The number of hydrogen-bond acceptors (Lipinski definition) is 3. The molecule has 0 bridgehead atoms. The SMILES string of the molecule is CCN(C(=O)c1ccc(CSc2nccn2C)cc1)C(C)(C)C. The number of aromatic nitrogens is 2. The third-order valence-corrected chi connectivity index (χ3v) is 4.85. The van der Waals surface area contributed by atoms with Gasteiger partial charge in [0, 0.05) is 42.8 Å². The van der Waals surface area contributed by atoms with E-state index < -0.39 is 0 Å². The van der Waals surface area contributed by atoms with Gasteiger partial charge in [0.05, 0.1) is 0 Å². The molecular formula is C18H25N3OS. The van der Waals surface area contributed by atoms with Gasteiger partial charge in [0.1, 0.15) is 0 Å². The number of carbonyl (C=O) groups is 1. The van der Waals surface area contributed by atoms with Crippen LogP contribution >= 0.6 is 11.8 Å². The average molecular weight is 331 g/mol. The Balaban J connectivity index is 2.04. The molecule has 23 heavy (non-hydrogen) atoms. The zero-order chi connectivity index (χ0) is 17.0. The van der Waals surface area contributed by atoms with Crippen LogP contribution in [-0.4, -0.2) is 32.4 Å². The Labute approximate surface area is 142 Å². The molecule has 0 saturated carbocycles. The topological polar surface area (TPSA) is 38.1 Å². The molecule has 0 radical (unpaired) electrons. The molecule has 5 heteroatoms. The summed E-state index contributed by atoms with van der Waals surface area (Å²) in [5, 5.41) is 0.995. The molecule has 0 aliphatic carbocycles. The lowest BCUT2D eigenvalue weighted by Crippen LogP contribution is -2.45. The molecule has 4 nitrogen and oxygen atoms in total. The summed E-state index contributed by atoms with van der Waals surface area (Å²) >= 11 is 1.69. The Hall–Kier alpha value is -1.75. The molecule has 2 aromatic rings. The predicted molar refractivity (Wildman–Crippen MR) is 95.7 cm³/mol. The van der Waals surface area contributed by atoms with Gasteiger partial charge in [-0.15, -0.1) is 0 Å². The lowest BCUT2D eigenvalue weighted by molar-refractivity contribution is 0.0599. The lowest BCUT2D eigenvalue weighted by Gasteiger charge is -2.35. The van der Waals surface area contributed by atoms with Crippen LogP contribution in [0.4, 0.5) is 0 Å². The standard InChI is InChI=1S/C18H25N3OS/c1-6-21(18(2,3)4)16(22)15-9-7-14(8-10-15)13-23-17-19-11-12-20(17)5/h7-12H,6,13H2,1-5H3. The zero-order valence-corrected chi connectivity index (χ0v) is 15.4. The molecule has 0 fully saturated rings. The van der Waals surface area contributed by atoms with Crippen molar-refractivity contribution in [3.63, 3.8) is 0 Å². The molecule has 124 valence electrons. The Bertz CT molecular complexity index is 656. The molecule has 0 aliphatic heterocycles. The highest BCUT2D eigenvalue weighted by atomic mass is 32.2. The van der Waals surface area contributed by atoms with Gasteiger partial charge in [-0.2, -0.15) is 0 Å². The number of carbonyl (C=O) groups excluding carboxylic acids is 1. The smallest absolute Gasteiger partial charge is 0.254 e. The third kappa shape index (κ3) is 4.38. The number of nitrogens with zero attached hydrogens (tertiary/aromatic N) is 3. The molecule has 0 aliphatic rings. The molecule has 1 amide bonds. The van der Waals surface area contributed by atoms with E-state index in [0.717, 1.165) is 16.5 Å². The van der Waals surface area contributed by atoms with Crippen molar-refractivity contribution in [2.45, 2.75) is 44.1 Å². The van der Waals surface area contributed by atoms with Gasteiger partial charge >= 0.3 is 0 Å². The summed E-state index contributed by atoms with van der Waals surface area (Å²) in [4.78, 5) is 18.8. The summed E-state index contributed by atoms with van der Waals surface area (Å²) in [6.07, 6.45) is 3.74. The van der Waals surface area contributed by atoms with Crippen molar-refractivity contribution in [2.75, 3.05) is 6.54 Å². The van der Waals surface area contributed by atoms with Crippen LogP contribution in [0.25, 0.3) is 0 Å². The summed E-state index contributed by atoms with van der Waals surface area (Å²) in [5.41, 5.74) is 1.76. The van der Waals surface area contributed by atoms with Crippen LogP contribution in [0.5, 0.6) is 0 Å². The summed E-state index contributed by atoms with van der Waals surface area (Å²) in [6.45, 7) is 8.91. The van der Waals surface area contributed by atoms with Crippen LogP contribution in [0.15, 0.2) is 41.8 Å². The van der Waals surface area contributed by atoms with E-state index in [1.807, 2.05) is 53.9 Å². The van der Waals surface area contributed by atoms with Gasteiger partial charge in [-0.05, 0) is 45.4 Å². The second kappa shape index (κ2) is 7.21. The van der Waals surface area contributed by atoms with Crippen LogP contribution in [0.1, 0.15) is 43.6 Å². The maximum atomic E-state index is 12.6. The molecule has 0 N–H and O–H groups in total. The molecule has 0 spiro atoms. The number of rotatable bonds is 5. The van der Waals surface area contributed by atoms with Crippen LogP contribution < -0.4 is 0 Å².